The Morgan fingerprint density at radius 1 is 1.20 bits per heavy atom. The summed E-state index contributed by atoms with van der Waals surface area (Å²) < 4.78 is 5.16. The van der Waals surface area contributed by atoms with E-state index >= 15 is 0 Å². The third kappa shape index (κ3) is 3.86. The summed E-state index contributed by atoms with van der Waals surface area (Å²) in [6.45, 7) is 1.50. The standard InChI is InChI=1S/C21H17Cl2N3O4/c1-11-2-7-14(8-15(11)23)24-17(27)9-26-16-10-30-20(28)18(16)19(25-21(26)29)12-3-5-13(22)6-4-12/h2-8,19H,9-10H2,1H3,(H,24,27)(H,25,29)/t19-/m1/s1. The van der Waals surface area contributed by atoms with Gasteiger partial charge in [-0.2, -0.15) is 0 Å². The van der Waals surface area contributed by atoms with E-state index < -0.39 is 23.9 Å². The molecule has 0 aliphatic carbocycles. The molecule has 1 atom stereocenters. The molecular formula is C21H17Cl2N3O4. The molecule has 2 aromatic rings. The van der Waals surface area contributed by atoms with Crippen LogP contribution in [0.2, 0.25) is 10.0 Å². The highest BCUT2D eigenvalue weighted by molar-refractivity contribution is 6.31. The second kappa shape index (κ2) is 8.01. The fourth-order valence-corrected chi connectivity index (χ4v) is 3.70. The highest BCUT2D eigenvalue weighted by Gasteiger charge is 2.42. The number of anilines is 1. The van der Waals surface area contributed by atoms with E-state index in [4.69, 9.17) is 27.9 Å². The number of carbonyl (C=O) groups is 3. The summed E-state index contributed by atoms with van der Waals surface area (Å²) >= 11 is 12.0. The molecule has 2 aliphatic rings. The lowest BCUT2D eigenvalue weighted by Gasteiger charge is -2.32. The fourth-order valence-electron chi connectivity index (χ4n) is 3.40. The molecule has 0 radical (unpaired) electrons. The van der Waals surface area contributed by atoms with Gasteiger partial charge in [0.2, 0.25) is 5.91 Å². The second-order valence-electron chi connectivity index (χ2n) is 6.97. The predicted octanol–water partition coefficient (Wildman–Crippen LogP) is 3.82. The number of nitrogens with zero attached hydrogens (tertiary/aromatic N) is 1. The monoisotopic (exact) mass is 445 g/mol. The summed E-state index contributed by atoms with van der Waals surface area (Å²) in [7, 11) is 0. The van der Waals surface area contributed by atoms with Crippen LogP contribution in [0.25, 0.3) is 0 Å². The minimum absolute atomic E-state index is 0.0741. The Morgan fingerprint density at radius 3 is 2.63 bits per heavy atom. The fraction of sp³-hybridized carbons (Fsp3) is 0.190. The van der Waals surface area contributed by atoms with Crippen molar-refractivity contribution in [3.63, 3.8) is 0 Å². The number of ether oxygens (including phenoxy) is 1. The molecule has 9 heteroatoms. The molecule has 0 bridgehead atoms. The largest absolute Gasteiger partial charge is 0.456 e. The molecule has 2 N–H and O–H groups in total. The van der Waals surface area contributed by atoms with Gasteiger partial charge in [-0.3, -0.25) is 9.69 Å². The van der Waals surface area contributed by atoms with Gasteiger partial charge in [0.05, 0.1) is 17.3 Å². The lowest BCUT2D eigenvalue weighted by Crippen LogP contribution is -2.49. The van der Waals surface area contributed by atoms with E-state index in [0.717, 1.165) is 5.56 Å². The van der Waals surface area contributed by atoms with E-state index in [0.29, 0.717) is 32.6 Å². The van der Waals surface area contributed by atoms with Crippen LogP contribution in [0, 0.1) is 6.92 Å². The van der Waals surface area contributed by atoms with E-state index in [1.165, 1.54) is 4.90 Å². The predicted molar refractivity (Wildman–Crippen MR) is 112 cm³/mol. The quantitative estimate of drug-likeness (QED) is 0.700. The molecular weight excluding hydrogens is 429 g/mol. The van der Waals surface area contributed by atoms with Crippen LogP contribution in [0.15, 0.2) is 53.7 Å². The molecule has 0 saturated carbocycles. The normalized spacial score (nSPS) is 18.1. The maximum absolute atomic E-state index is 12.8. The number of hydrogen-bond donors (Lipinski definition) is 2. The summed E-state index contributed by atoms with van der Waals surface area (Å²) in [5.41, 5.74) is 2.77. The highest BCUT2D eigenvalue weighted by atomic mass is 35.5. The molecule has 0 spiro atoms. The van der Waals surface area contributed by atoms with Crippen LogP contribution in [-0.4, -0.2) is 36.0 Å². The first-order chi connectivity index (χ1) is 14.3. The molecule has 7 nitrogen and oxygen atoms in total. The molecule has 4 rings (SSSR count). The van der Waals surface area contributed by atoms with Crippen molar-refractivity contribution in [3.8, 4) is 0 Å². The van der Waals surface area contributed by atoms with Crippen LogP contribution in [0.1, 0.15) is 17.2 Å². The molecule has 0 saturated heterocycles. The van der Waals surface area contributed by atoms with Gasteiger partial charge in [-0.15, -0.1) is 0 Å². The molecule has 0 fully saturated rings. The third-order valence-electron chi connectivity index (χ3n) is 4.96. The number of aryl methyl sites for hydroxylation is 1. The Morgan fingerprint density at radius 2 is 1.93 bits per heavy atom. The molecule has 3 amide bonds. The number of amides is 3. The number of cyclic esters (lactones) is 1. The zero-order valence-corrected chi connectivity index (χ0v) is 17.4. The lowest BCUT2D eigenvalue weighted by atomic mass is 9.96. The Bertz CT molecular complexity index is 1080. The van der Waals surface area contributed by atoms with Crippen molar-refractivity contribution in [1.29, 1.82) is 0 Å². The van der Waals surface area contributed by atoms with Gasteiger partial charge in [-0.25, -0.2) is 9.59 Å². The van der Waals surface area contributed by atoms with Gasteiger partial charge in [-0.1, -0.05) is 41.4 Å². The summed E-state index contributed by atoms with van der Waals surface area (Å²) in [4.78, 5) is 38.9. The number of hydrogen-bond acceptors (Lipinski definition) is 4. The van der Waals surface area contributed by atoms with Crippen LogP contribution in [0.4, 0.5) is 10.5 Å². The average molecular weight is 446 g/mol. The number of nitrogens with one attached hydrogen (secondary N) is 2. The summed E-state index contributed by atoms with van der Waals surface area (Å²) in [5, 5.41) is 6.55. The minimum Gasteiger partial charge on any atom is -0.456 e. The van der Waals surface area contributed by atoms with Crippen molar-refractivity contribution in [1.82, 2.24) is 10.2 Å². The number of benzene rings is 2. The molecule has 2 aliphatic heterocycles. The maximum atomic E-state index is 12.8. The summed E-state index contributed by atoms with van der Waals surface area (Å²) in [6, 6.07) is 10.8. The smallest absolute Gasteiger partial charge is 0.338 e. The van der Waals surface area contributed by atoms with E-state index in [9.17, 15) is 14.4 Å². The topological polar surface area (TPSA) is 87.7 Å². The van der Waals surface area contributed by atoms with Gasteiger partial charge in [0, 0.05) is 15.7 Å². The number of esters is 1. The third-order valence-corrected chi connectivity index (χ3v) is 5.62. The number of carbonyl (C=O) groups excluding carboxylic acids is 3. The van der Waals surface area contributed by atoms with Gasteiger partial charge in [-0.05, 0) is 42.3 Å². The number of halogens is 2. The first-order valence-electron chi connectivity index (χ1n) is 9.13. The van der Waals surface area contributed by atoms with Crippen molar-refractivity contribution in [3.05, 3.63) is 74.9 Å². The van der Waals surface area contributed by atoms with Crippen LogP contribution in [0.3, 0.4) is 0 Å². The first-order valence-corrected chi connectivity index (χ1v) is 9.89. The van der Waals surface area contributed by atoms with Gasteiger partial charge >= 0.3 is 12.0 Å². The van der Waals surface area contributed by atoms with E-state index in [-0.39, 0.29) is 13.2 Å². The van der Waals surface area contributed by atoms with Crippen molar-refractivity contribution < 1.29 is 19.1 Å². The molecule has 2 aromatic carbocycles. The Hall–Kier alpha value is -3.03. The molecule has 2 heterocycles. The lowest BCUT2D eigenvalue weighted by molar-refractivity contribution is -0.136. The van der Waals surface area contributed by atoms with Gasteiger partial charge in [0.25, 0.3) is 0 Å². The van der Waals surface area contributed by atoms with Crippen LogP contribution in [0.5, 0.6) is 0 Å². The summed E-state index contributed by atoms with van der Waals surface area (Å²) in [5.74, 6) is -0.957. The number of urea groups is 1. The Balaban J connectivity index is 1.58. The molecule has 0 aromatic heterocycles. The van der Waals surface area contributed by atoms with Crippen LogP contribution < -0.4 is 10.6 Å². The number of rotatable bonds is 4. The minimum atomic E-state index is -0.671. The Kier molecular flexibility index (Phi) is 5.40. The second-order valence-corrected chi connectivity index (χ2v) is 7.81. The zero-order chi connectivity index (χ0) is 21.4. The van der Waals surface area contributed by atoms with E-state index in [1.54, 1.807) is 42.5 Å². The van der Waals surface area contributed by atoms with Crippen LogP contribution in [-0.2, 0) is 14.3 Å². The van der Waals surface area contributed by atoms with Gasteiger partial charge < -0.3 is 15.4 Å². The zero-order valence-electron chi connectivity index (χ0n) is 15.9. The van der Waals surface area contributed by atoms with Crippen molar-refractivity contribution >= 4 is 46.8 Å². The SMILES string of the molecule is Cc1ccc(NC(=O)CN2C(=O)N[C@H](c3ccc(Cl)cc3)C3=C2COC3=O)cc1Cl. The van der Waals surface area contributed by atoms with Crippen molar-refractivity contribution in [2.75, 3.05) is 18.5 Å². The van der Waals surface area contributed by atoms with Gasteiger partial charge in [0.15, 0.2) is 0 Å². The maximum Gasteiger partial charge on any atom is 0.338 e. The summed E-state index contributed by atoms with van der Waals surface area (Å²) in [6.07, 6.45) is 0. The van der Waals surface area contributed by atoms with Gasteiger partial charge in [0.1, 0.15) is 13.2 Å². The highest BCUT2D eigenvalue weighted by Crippen LogP contribution is 2.35. The molecule has 30 heavy (non-hydrogen) atoms. The van der Waals surface area contributed by atoms with E-state index in [2.05, 4.69) is 10.6 Å². The molecule has 154 valence electrons. The van der Waals surface area contributed by atoms with E-state index in [1.807, 2.05) is 6.92 Å². The van der Waals surface area contributed by atoms with Crippen molar-refractivity contribution in [2.24, 2.45) is 0 Å². The molecule has 0 unspecified atom stereocenters. The van der Waals surface area contributed by atoms with Crippen LogP contribution >= 0.6 is 23.2 Å². The Labute approximate surface area is 182 Å². The average Bonchev–Trinajstić information content (AvgIpc) is 3.09. The first kappa shape index (κ1) is 20.3. The van der Waals surface area contributed by atoms with Crippen molar-refractivity contribution in [2.45, 2.75) is 13.0 Å².